The van der Waals surface area contributed by atoms with Gasteiger partial charge in [0.05, 0.1) is 5.57 Å². The number of hydrogen-bond acceptors (Lipinski definition) is 3. The number of anilines is 1. The lowest BCUT2D eigenvalue weighted by atomic mass is 9.98. The molecule has 0 atom stereocenters. The summed E-state index contributed by atoms with van der Waals surface area (Å²) in [6.07, 6.45) is 4.99. The van der Waals surface area contributed by atoms with Crippen molar-refractivity contribution in [3.05, 3.63) is 83.4 Å². The van der Waals surface area contributed by atoms with Gasteiger partial charge in [-0.1, -0.05) is 30.3 Å². The predicted molar refractivity (Wildman–Crippen MR) is 91.4 cm³/mol. The fourth-order valence-electron chi connectivity index (χ4n) is 2.72. The Morgan fingerprint density at radius 3 is 2.62 bits per heavy atom. The molecule has 5 heteroatoms. The first-order valence-electron chi connectivity index (χ1n) is 7.49. The molecule has 1 aliphatic heterocycles. The summed E-state index contributed by atoms with van der Waals surface area (Å²) in [7, 11) is 0. The highest BCUT2D eigenvalue weighted by Gasteiger charge is 2.25. The van der Waals surface area contributed by atoms with Crippen LogP contribution in [0.25, 0.3) is 11.6 Å². The van der Waals surface area contributed by atoms with Crippen LogP contribution in [0.1, 0.15) is 27.3 Å². The van der Waals surface area contributed by atoms with Crippen molar-refractivity contribution in [2.24, 2.45) is 0 Å². The number of benzene rings is 2. The molecule has 0 aliphatic carbocycles. The highest BCUT2D eigenvalue weighted by molar-refractivity contribution is 6.35. The average molecular weight is 315 g/mol. The minimum absolute atomic E-state index is 0.0740. The summed E-state index contributed by atoms with van der Waals surface area (Å²) >= 11 is 0. The van der Waals surface area contributed by atoms with E-state index in [-0.39, 0.29) is 11.7 Å². The van der Waals surface area contributed by atoms with Crippen LogP contribution < -0.4 is 5.32 Å². The van der Waals surface area contributed by atoms with E-state index in [9.17, 15) is 9.59 Å². The first kappa shape index (κ1) is 14.1. The van der Waals surface area contributed by atoms with Crippen molar-refractivity contribution in [2.45, 2.75) is 0 Å². The topological polar surface area (TPSA) is 74.8 Å². The Balaban J connectivity index is 1.77. The lowest BCUT2D eigenvalue weighted by molar-refractivity contribution is -0.110. The maximum absolute atomic E-state index is 12.6. The Labute approximate surface area is 138 Å². The molecular formula is C19H13N3O2. The third-order valence-corrected chi connectivity index (χ3v) is 3.90. The van der Waals surface area contributed by atoms with E-state index >= 15 is 0 Å². The number of carbonyl (C=O) groups excluding carboxylic acids is 2. The number of nitrogens with zero attached hydrogens (tertiary/aromatic N) is 1. The van der Waals surface area contributed by atoms with Crippen molar-refractivity contribution in [1.29, 1.82) is 0 Å². The van der Waals surface area contributed by atoms with Gasteiger partial charge in [-0.25, -0.2) is 4.98 Å². The summed E-state index contributed by atoms with van der Waals surface area (Å²) in [6, 6.07) is 14.3. The van der Waals surface area contributed by atoms with Crippen LogP contribution in [-0.2, 0) is 4.79 Å². The standard InChI is InChI=1S/C19H13N3O2/c23-18(12-4-2-1-3-5-12)13-6-7-16-14(10-13)15(19(24)22-16)11-17-20-8-9-21-17/h1-11H,(H,20,21)(H,22,24)/b15-11-. The number of aromatic nitrogens is 2. The zero-order valence-corrected chi connectivity index (χ0v) is 12.6. The fraction of sp³-hybridized carbons (Fsp3) is 0. The summed E-state index contributed by atoms with van der Waals surface area (Å²) in [4.78, 5) is 31.9. The first-order valence-corrected chi connectivity index (χ1v) is 7.49. The number of nitrogens with one attached hydrogen (secondary N) is 2. The number of H-pyrrole nitrogens is 1. The van der Waals surface area contributed by atoms with E-state index in [1.807, 2.05) is 18.2 Å². The predicted octanol–water partition coefficient (Wildman–Crippen LogP) is 3.13. The van der Waals surface area contributed by atoms with Crippen LogP contribution in [0.3, 0.4) is 0 Å². The molecule has 2 heterocycles. The SMILES string of the molecule is O=C1Nc2ccc(C(=O)c3ccccc3)cc2/C1=C/c1ncc[nH]1. The number of imidazole rings is 1. The zero-order chi connectivity index (χ0) is 16.5. The van der Waals surface area contributed by atoms with Gasteiger partial charge < -0.3 is 10.3 Å². The van der Waals surface area contributed by atoms with Crippen LogP contribution >= 0.6 is 0 Å². The van der Waals surface area contributed by atoms with Gasteiger partial charge in [0.15, 0.2) is 5.78 Å². The van der Waals surface area contributed by atoms with Gasteiger partial charge in [-0.05, 0) is 24.3 Å². The van der Waals surface area contributed by atoms with Gasteiger partial charge in [0, 0.05) is 34.8 Å². The third-order valence-electron chi connectivity index (χ3n) is 3.90. The average Bonchev–Trinajstić information content (AvgIpc) is 3.23. The van der Waals surface area contributed by atoms with Crippen molar-refractivity contribution < 1.29 is 9.59 Å². The summed E-state index contributed by atoms with van der Waals surface area (Å²) in [5.41, 5.74) is 3.05. The van der Waals surface area contributed by atoms with Gasteiger partial charge in [-0.2, -0.15) is 0 Å². The first-order chi connectivity index (χ1) is 11.7. The van der Waals surface area contributed by atoms with Crippen molar-refractivity contribution in [1.82, 2.24) is 9.97 Å². The lowest BCUT2D eigenvalue weighted by Crippen LogP contribution is -2.03. The monoisotopic (exact) mass is 315 g/mol. The summed E-state index contributed by atoms with van der Waals surface area (Å²) in [5, 5.41) is 2.81. The zero-order valence-electron chi connectivity index (χ0n) is 12.6. The molecule has 5 nitrogen and oxygen atoms in total. The molecule has 1 amide bonds. The molecule has 0 saturated heterocycles. The molecule has 0 radical (unpaired) electrons. The van der Waals surface area contributed by atoms with Crippen molar-refractivity contribution in [3.63, 3.8) is 0 Å². The van der Waals surface area contributed by atoms with Gasteiger partial charge in [0.1, 0.15) is 5.82 Å². The number of amides is 1. The van der Waals surface area contributed by atoms with E-state index in [4.69, 9.17) is 0 Å². The van der Waals surface area contributed by atoms with E-state index < -0.39 is 0 Å². The largest absolute Gasteiger partial charge is 0.345 e. The number of ketones is 1. The number of fused-ring (bicyclic) bond motifs is 1. The van der Waals surface area contributed by atoms with Gasteiger partial charge in [-0.3, -0.25) is 9.59 Å². The molecule has 0 saturated carbocycles. The summed E-state index contributed by atoms with van der Waals surface area (Å²) in [6.45, 7) is 0. The maximum Gasteiger partial charge on any atom is 0.256 e. The fourth-order valence-corrected chi connectivity index (χ4v) is 2.72. The Morgan fingerprint density at radius 2 is 1.88 bits per heavy atom. The molecule has 116 valence electrons. The summed E-state index contributed by atoms with van der Waals surface area (Å²) in [5.74, 6) is 0.314. The van der Waals surface area contributed by atoms with Gasteiger partial charge in [0.2, 0.25) is 0 Å². The number of rotatable bonds is 3. The smallest absolute Gasteiger partial charge is 0.256 e. The molecule has 3 aromatic rings. The summed E-state index contributed by atoms with van der Waals surface area (Å²) < 4.78 is 0. The third kappa shape index (κ3) is 2.42. The molecular weight excluding hydrogens is 302 g/mol. The number of aromatic amines is 1. The second-order valence-electron chi connectivity index (χ2n) is 5.44. The van der Waals surface area contributed by atoms with E-state index in [2.05, 4.69) is 15.3 Å². The Bertz CT molecular complexity index is 958. The van der Waals surface area contributed by atoms with Crippen molar-refractivity contribution in [2.75, 3.05) is 5.32 Å². The molecule has 24 heavy (non-hydrogen) atoms. The van der Waals surface area contributed by atoms with E-state index in [0.717, 1.165) is 0 Å². The Kier molecular flexibility index (Phi) is 3.31. The Hall–Kier alpha value is -3.47. The minimum Gasteiger partial charge on any atom is -0.345 e. The van der Waals surface area contributed by atoms with Crippen molar-refractivity contribution in [3.8, 4) is 0 Å². The molecule has 2 aromatic carbocycles. The van der Waals surface area contributed by atoms with E-state index in [0.29, 0.717) is 33.8 Å². The second-order valence-corrected chi connectivity index (χ2v) is 5.44. The molecule has 4 rings (SSSR count). The molecule has 1 aliphatic rings. The molecule has 0 unspecified atom stereocenters. The van der Waals surface area contributed by atoms with Crippen LogP contribution in [0.4, 0.5) is 5.69 Å². The molecule has 1 aromatic heterocycles. The highest BCUT2D eigenvalue weighted by Crippen LogP contribution is 2.33. The van der Waals surface area contributed by atoms with Gasteiger partial charge >= 0.3 is 0 Å². The molecule has 0 spiro atoms. The second kappa shape index (κ2) is 5.62. The van der Waals surface area contributed by atoms with Gasteiger partial charge in [-0.15, -0.1) is 0 Å². The normalized spacial score (nSPS) is 14.5. The number of hydrogen-bond donors (Lipinski definition) is 2. The lowest BCUT2D eigenvalue weighted by Gasteiger charge is -2.04. The highest BCUT2D eigenvalue weighted by atomic mass is 16.2. The van der Waals surface area contributed by atoms with Crippen LogP contribution in [0.15, 0.2) is 60.9 Å². The maximum atomic E-state index is 12.6. The van der Waals surface area contributed by atoms with Gasteiger partial charge in [0.25, 0.3) is 5.91 Å². The number of carbonyl (C=O) groups is 2. The minimum atomic E-state index is -0.203. The quantitative estimate of drug-likeness (QED) is 0.576. The molecule has 0 bridgehead atoms. The van der Waals surface area contributed by atoms with Crippen molar-refractivity contribution >= 4 is 29.0 Å². The van der Waals surface area contributed by atoms with E-state index in [1.54, 1.807) is 48.8 Å². The van der Waals surface area contributed by atoms with Crippen LogP contribution in [-0.4, -0.2) is 21.7 Å². The molecule has 0 fully saturated rings. The molecule has 2 N–H and O–H groups in total. The Morgan fingerprint density at radius 1 is 1.04 bits per heavy atom. The van der Waals surface area contributed by atoms with Crippen LogP contribution in [0.5, 0.6) is 0 Å². The van der Waals surface area contributed by atoms with Crippen LogP contribution in [0, 0.1) is 0 Å². The van der Waals surface area contributed by atoms with E-state index in [1.165, 1.54) is 0 Å². The van der Waals surface area contributed by atoms with Crippen LogP contribution in [0.2, 0.25) is 0 Å².